The van der Waals surface area contributed by atoms with Gasteiger partial charge in [-0.25, -0.2) is 4.39 Å². The van der Waals surface area contributed by atoms with E-state index in [1.54, 1.807) is 0 Å². The summed E-state index contributed by atoms with van der Waals surface area (Å²) in [5.74, 6) is -0.453. The molecule has 0 spiro atoms. The molecule has 1 rings (SSSR count). The molecule has 0 saturated heterocycles. The highest BCUT2D eigenvalue weighted by molar-refractivity contribution is 6.31. The van der Waals surface area contributed by atoms with Crippen molar-refractivity contribution in [3.05, 3.63) is 28.5 Å². The summed E-state index contributed by atoms with van der Waals surface area (Å²) in [6, 6.07) is 4.78. The molecular weight excluding hydrogens is 193 g/mol. The van der Waals surface area contributed by atoms with E-state index in [1.165, 1.54) is 19.2 Å². The zero-order chi connectivity index (χ0) is 9.84. The van der Waals surface area contributed by atoms with Crippen LogP contribution in [0.5, 0.6) is 5.75 Å². The molecular formula is C9H7ClFNO. The monoisotopic (exact) mass is 199 g/mol. The molecule has 0 amide bonds. The number of rotatable bonds is 2. The lowest BCUT2D eigenvalue weighted by atomic mass is 10.1. The van der Waals surface area contributed by atoms with E-state index < -0.39 is 5.82 Å². The topological polar surface area (TPSA) is 33.0 Å². The van der Waals surface area contributed by atoms with Crippen molar-refractivity contribution in [2.45, 2.75) is 6.42 Å². The normalized spacial score (nSPS) is 9.38. The van der Waals surface area contributed by atoms with E-state index in [0.29, 0.717) is 0 Å². The van der Waals surface area contributed by atoms with Gasteiger partial charge in [-0.3, -0.25) is 0 Å². The highest BCUT2D eigenvalue weighted by Gasteiger charge is 2.11. The van der Waals surface area contributed by atoms with Gasteiger partial charge in [0.2, 0.25) is 0 Å². The number of methoxy groups -OCH3 is 1. The van der Waals surface area contributed by atoms with Crippen LogP contribution in [0.15, 0.2) is 12.1 Å². The van der Waals surface area contributed by atoms with Gasteiger partial charge >= 0.3 is 0 Å². The van der Waals surface area contributed by atoms with Gasteiger partial charge in [-0.2, -0.15) is 5.26 Å². The van der Waals surface area contributed by atoms with E-state index in [4.69, 9.17) is 21.6 Å². The maximum atomic E-state index is 13.4. The third-order valence-electron chi connectivity index (χ3n) is 1.63. The van der Waals surface area contributed by atoms with Gasteiger partial charge in [0.15, 0.2) is 11.6 Å². The standard InChI is InChI=1S/C9H7ClFNO/c1-13-8-3-2-7(10)6(4-5-12)9(8)11/h2-3H,4H2,1H3. The smallest absolute Gasteiger partial charge is 0.170 e. The minimum atomic E-state index is -0.559. The summed E-state index contributed by atoms with van der Waals surface area (Å²) >= 11 is 5.69. The first-order valence-corrected chi connectivity index (χ1v) is 3.96. The third-order valence-corrected chi connectivity index (χ3v) is 1.98. The van der Waals surface area contributed by atoms with Crippen LogP contribution in [0.2, 0.25) is 5.02 Å². The largest absolute Gasteiger partial charge is 0.494 e. The number of halogens is 2. The van der Waals surface area contributed by atoms with Gasteiger partial charge in [-0.05, 0) is 12.1 Å². The predicted molar refractivity (Wildman–Crippen MR) is 47.3 cm³/mol. The second kappa shape index (κ2) is 4.11. The maximum absolute atomic E-state index is 13.4. The number of hydrogen-bond donors (Lipinski definition) is 0. The molecule has 0 N–H and O–H groups in total. The molecule has 4 heteroatoms. The van der Waals surface area contributed by atoms with Crippen molar-refractivity contribution >= 4 is 11.6 Å². The molecule has 1 aromatic rings. The summed E-state index contributed by atoms with van der Waals surface area (Å²) in [5, 5.41) is 8.67. The minimum absolute atomic E-state index is 0.0537. The van der Waals surface area contributed by atoms with E-state index in [9.17, 15) is 4.39 Å². The Balaban J connectivity index is 3.23. The van der Waals surface area contributed by atoms with Crippen LogP contribution >= 0.6 is 11.6 Å². The fourth-order valence-corrected chi connectivity index (χ4v) is 1.19. The van der Waals surface area contributed by atoms with Crippen LogP contribution in [0.3, 0.4) is 0 Å². The van der Waals surface area contributed by atoms with E-state index in [0.717, 1.165) is 0 Å². The first kappa shape index (κ1) is 9.82. The number of benzene rings is 1. The molecule has 0 aromatic heterocycles. The number of hydrogen-bond acceptors (Lipinski definition) is 2. The summed E-state index contributed by atoms with van der Waals surface area (Å²) in [6.45, 7) is 0. The first-order chi connectivity index (χ1) is 6.20. The Morgan fingerprint density at radius 3 is 2.85 bits per heavy atom. The molecule has 0 fully saturated rings. The lowest BCUT2D eigenvalue weighted by molar-refractivity contribution is 0.384. The third kappa shape index (κ3) is 1.90. The number of nitrogens with zero attached hydrogens (tertiary/aromatic N) is 1. The summed E-state index contributed by atoms with van der Waals surface area (Å²) < 4.78 is 18.1. The van der Waals surface area contributed by atoms with Crippen LogP contribution in [-0.4, -0.2) is 7.11 Å². The average Bonchev–Trinajstić information content (AvgIpc) is 2.12. The fourth-order valence-electron chi connectivity index (χ4n) is 0.975. The van der Waals surface area contributed by atoms with Gasteiger partial charge in [0.05, 0.1) is 19.6 Å². The molecule has 0 radical (unpaired) electrons. The molecule has 0 atom stereocenters. The Labute approximate surface area is 80.5 Å². The quantitative estimate of drug-likeness (QED) is 0.734. The van der Waals surface area contributed by atoms with Gasteiger partial charge in [0.1, 0.15) is 0 Å². The summed E-state index contributed by atoms with van der Waals surface area (Å²) in [6.07, 6.45) is -0.0537. The molecule has 68 valence electrons. The van der Waals surface area contributed by atoms with Gasteiger partial charge in [-0.1, -0.05) is 11.6 Å². The molecule has 0 heterocycles. The van der Waals surface area contributed by atoms with E-state index in [-0.39, 0.29) is 22.8 Å². The van der Waals surface area contributed by atoms with Crippen molar-refractivity contribution in [3.63, 3.8) is 0 Å². The minimum Gasteiger partial charge on any atom is -0.494 e. The fraction of sp³-hybridized carbons (Fsp3) is 0.222. The first-order valence-electron chi connectivity index (χ1n) is 3.58. The summed E-state index contributed by atoms with van der Waals surface area (Å²) in [5.41, 5.74) is 0.184. The molecule has 0 aliphatic rings. The number of nitriles is 1. The average molecular weight is 200 g/mol. The van der Waals surface area contributed by atoms with Crippen molar-refractivity contribution < 1.29 is 9.13 Å². The van der Waals surface area contributed by atoms with E-state index in [2.05, 4.69) is 0 Å². The molecule has 1 aromatic carbocycles. The van der Waals surface area contributed by atoms with Gasteiger partial charge in [-0.15, -0.1) is 0 Å². The maximum Gasteiger partial charge on any atom is 0.170 e. The van der Waals surface area contributed by atoms with Crippen LogP contribution in [0.1, 0.15) is 5.56 Å². The lowest BCUT2D eigenvalue weighted by Gasteiger charge is -2.06. The zero-order valence-corrected chi connectivity index (χ0v) is 7.73. The SMILES string of the molecule is COc1ccc(Cl)c(CC#N)c1F. The van der Waals surface area contributed by atoms with Crippen LogP contribution in [0.25, 0.3) is 0 Å². The predicted octanol–water partition coefficient (Wildman–Crippen LogP) is 2.55. The van der Waals surface area contributed by atoms with Gasteiger partial charge in [0, 0.05) is 10.6 Å². The molecule has 0 bridgehead atoms. The molecule has 0 aliphatic heterocycles. The van der Waals surface area contributed by atoms with E-state index in [1.807, 2.05) is 6.07 Å². The van der Waals surface area contributed by atoms with Crippen molar-refractivity contribution in [1.82, 2.24) is 0 Å². The molecule has 0 aliphatic carbocycles. The second-order valence-electron chi connectivity index (χ2n) is 2.38. The lowest BCUT2D eigenvalue weighted by Crippen LogP contribution is -1.95. The number of ether oxygens (including phenoxy) is 1. The molecule has 0 unspecified atom stereocenters. The molecule has 2 nitrogen and oxygen atoms in total. The Bertz CT molecular complexity index is 359. The highest BCUT2D eigenvalue weighted by atomic mass is 35.5. The molecule has 13 heavy (non-hydrogen) atoms. The van der Waals surface area contributed by atoms with Gasteiger partial charge in [0.25, 0.3) is 0 Å². The Kier molecular flexibility index (Phi) is 3.10. The second-order valence-corrected chi connectivity index (χ2v) is 2.78. The summed E-state index contributed by atoms with van der Waals surface area (Å²) in [4.78, 5) is 0. The van der Waals surface area contributed by atoms with Crippen LogP contribution in [-0.2, 0) is 6.42 Å². The van der Waals surface area contributed by atoms with Crippen molar-refractivity contribution in [3.8, 4) is 11.8 Å². The Morgan fingerprint density at radius 2 is 2.31 bits per heavy atom. The van der Waals surface area contributed by atoms with Crippen molar-refractivity contribution in [2.24, 2.45) is 0 Å². The van der Waals surface area contributed by atoms with Crippen LogP contribution in [0.4, 0.5) is 4.39 Å². The van der Waals surface area contributed by atoms with Gasteiger partial charge < -0.3 is 4.74 Å². The summed E-state index contributed by atoms with van der Waals surface area (Å²) in [7, 11) is 1.36. The van der Waals surface area contributed by atoms with E-state index >= 15 is 0 Å². The Morgan fingerprint density at radius 1 is 1.62 bits per heavy atom. The van der Waals surface area contributed by atoms with Crippen LogP contribution < -0.4 is 4.74 Å². The van der Waals surface area contributed by atoms with Crippen LogP contribution in [0, 0.1) is 17.1 Å². The highest BCUT2D eigenvalue weighted by Crippen LogP contribution is 2.27. The molecule has 0 saturated carbocycles. The Hall–Kier alpha value is -1.27. The van der Waals surface area contributed by atoms with Crippen molar-refractivity contribution in [1.29, 1.82) is 5.26 Å². The zero-order valence-electron chi connectivity index (χ0n) is 6.97. The van der Waals surface area contributed by atoms with Crippen molar-refractivity contribution in [2.75, 3.05) is 7.11 Å².